The molecule has 0 saturated heterocycles. The van der Waals surface area contributed by atoms with Crippen LogP contribution < -0.4 is 11.1 Å². The van der Waals surface area contributed by atoms with Crippen LogP contribution in [-0.2, 0) is 10.3 Å². The number of carbonyl (C=O) groups is 1. The minimum atomic E-state index is -1.13. The Labute approximate surface area is 165 Å². The highest BCUT2D eigenvalue weighted by atomic mass is 19.1. The van der Waals surface area contributed by atoms with Crippen LogP contribution in [0.15, 0.2) is 53.5 Å². The van der Waals surface area contributed by atoms with Gasteiger partial charge in [-0.15, -0.1) is 0 Å². The van der Waals surface area contributed by atoms with Crippen molar-refractivity contribution in [1.82, 2.24) is 4.90 Å². The lowest BCUT2D eigenvalue weighted by Gasteiger charge is -2.46. The third-order valence-electron chi connectivity index (χ3n) is 5.91. The van der Waals surface area contributed by atoms with E-state index in [1.54, 1.807) is 40.0 Å². The average molecular weight is 382 g/mol. The highest BCUT2D eigenvalue weighted by Crippen LogP contribution is 2.47. The average Bonchev–Trinajstić information content (AvgIpc) is 2.67. The van der Waals surface area contributed by atoms with Crippen molar-refractivity contribution in [2.45, 2.75) is 39.3 Å². The van der Waals surface area contributed by atoms with Gasteiger partial charge in [0.2, 0.25) is 5.91 Å². The van der Waals surface area contributed by atoms with Crippen molar-refractivity contribution in [3.8, 4) is 0 Å². The summed E-state index contributed by atoms with van der Waals surface area (Å²) in [4.78, 5) is 18.7. The number of rotatable bonds is 4. The summed E-state index contributed by atoms with van der Waals surface area (Å²) in [7, 11) is 1.58. The Kier molecular flexibility index (Phi) is 4.91. The highest BCUT2D eigenvalue weighted by molar-refractivity contribution is 6.01. The van der Waals surface area contributed by atoms with Crippen LogP contribution in [0.3, 0.4) is 0 Å². The van der Waals surface area contributed by atoms with Crippen LogP contribution in [0.1, 0.15) is 44.9 Å². The molecule has 0 fully saturated rings. The standard InChI is InChI=1S/C22H27FN4O/c1-14(15-9-7-6-8-10-15)25-16-11-12-18(23)17(13-16)22(4)21(2,3)19(28)27(5)20(24)26-22/h6-14,25H,1-5H3,(H2,24,26)/t14?,22-/m1/s1. The lowest BCUT2D eigenvalue weighted by molar-refractivity contribution is -0.140. The number of carbonyl (C=O) groups excluding carboxylic acids is 1. The number of amides is 1. The third-order valence-corrected chi connectivity index (χ3v) is 5.91. The lowest BCUT2D eigenvalue weighted by Crippen LogP contribution is -2.58. The van der Waals surface area contributed by atoms with Crippen LogP contribution in [0.5, 0.6) is 0 Å². The largest absolute Gasteiger partial charge is 0.379 e. The van der Waals surface area contributed by atoms with Gasteiger partial charge in [0.1, 0.15) is 11.4 Å². The highest BCUT2D eigenvalue weighted by Gasteiger charge is 2.53. The maximum atomic E-state index is 14.9. The zero-order valence-corrected chi connectivity index (χ0v) is 17.0. The summed E-state index contributed by atoms with van der Waals surface area (Å²) >= 11 is 0. The van der Waals surface area contributed by atoms with Gasteiger partial charge >= 0.3 is 0 Å². The molecule has 1 heterocycles. The number of aliphatic imine (C=N–C) groups is 1. The molecule has 0 spiro atoms. The van der Waals surface area contributed by atoms with Gasteiger partial charge in [0.25, 0.3) is 0 Å². The first kappa shape index (κ1) is 19.9. The molecule has 1 unspecified atom stereocenters. The fraction of sp³-hybridized carbons (Fsp3) is 0.364. The molecule has 1 amide bonds. The molecule has 2 aromatic carbocycles. The molecule has 0 aromatic heterocycles. The van der Waals surface area contributed by atoms with Crippen molar-refractivity contribution < 1.29 is 9.18 Å². The van der Waals surface area contributed by atoms with Crippen LogP contribution in [0.4, 0.5) is 10.1 Å². The number of hydrogen-bond donors (Lipinski definition) is 2. The summed E-state index contributed by atoms with van der Waals surface area (Å²) < 4.78 is 14.9. The first-order valence-electron chi connectivity index (χ1n) is 9.33. The monoisotopic (exact) mass is 382 g/mol. The summed E-state index contributed by atoms with van der Waals surface area (Å²) in [5.41, 5.74) is 6.09. The zero-order chi connectivity index (χ0) is 20.7. The van der Waals surface area contributed by atoms with Gasteiger partial charge in [-0.25, -0.2) is 9.38 Å². The summed E-state index contributed by atoms with van der Waals surface area (Å²) in [6, 6.07) is 14.9. The van der Waals surface area contributed by atoms with Gasteiger partial charge in [-0.1, -0.05) is 30.3 Å². The number of hydrogen-bond acceptors (Lipinski definition) is 4. The predicted octanol–water partition coefficient (Wildman–Crippen LogP) is 4.03. The Morgan fingerprint density at radius 3 is 2.43 bits per heavy atom. The normalized spacial score (nSPS) is 22.6. The molecule has 5 nitrogen and oxygen atoms in total. The van der Waals surface area contributed by atoms with Crippen LogP contribution >= 0.6 is 0 Å². The van der Waals surface area contributed by atoms with Crippen molar-refractivity contribution in [1.29, 1.82) is 0 Å². The van der Waals surface area contributed by atoms with E-state index in [1.165, 1.54) is 11.0 Å². The van der Waals surface area contributed by atoms with Crippen LogP contribution in [0, 0.1) is 11.2 Å². The van der Waals surface area contributed by atoms with E-state index < -0.39 is 16.8 Å². The number of guanidine groups is 1. The quantitative estimate of drug-likeness (QED) is 0.839. The van der Waals surface area contributed by atoms with Gasteiger partial charge in [0, 0.05) is 24.3 Å². The number of nitrogens with two attached hydrogens (primary N) is 1. The van der Waals surface area contributed by atoms with Gasteiger partial charge in [0.15, 0.2) is 5.96 Å². The Hall–Kier alpha value is -2.89. The van der Waals surface area contributed by atoms with Gasteiger partial charge < -0.3 is 11.1 Å². The third kappa shape index (κ3) is 3.13. The smallest absolute Gasteiger partial charge is 0.237 e. The molecular formula is C22H27FN4O. The van der Waals surface area contributed by atoms with Crippen LogP contribution in [-0.4, -0.2) is 23.8 Å². The molecule has 0 bridgehead atoms. The molecule has 28 heavy (non-hydrogen) atoms. The Morgan fingerprint density at radius 2 is 1.79 bits per heavy atom. The SMILES string of the molecule is CC(Nc1ccc(F)c([C@@]2(C)N=C(N)N(C)C(=O)C2(C)C)c1)c1ccccc1. The second-order valence-electron chi connectivity index (χ2n) is 8.00. The van der Waals surface area contributed by atoms with E-state index in [2.05, 4.69) is 10.3 Å². The topological polar surface area (TPSA) is 70.7 Å². The number of nitrogens with zero attached hydrogens (tertiary/aromatic N) is 2. The molecule has 0 radical (unpaired) electrons. The second-order valence-corrected chi connectivity index (χ2v) is 8.00. The molecule has 3 rings (SSSR count). The lowest BCUT2D eigenvalue weighted by atomic mass is 9.67. The number of anilines is 1. The summed E-state index contributed by atoms with van der Waals surface area (Å²) in [6.45, 7) is 7.34. The van der Waals surface area contributed by atoms with E-state index >= 15 is 0 Å². The zero-order valence-electron chi connectivity index (χ0n) is 17.0. The fourth-order valence-corrected chi connectivity index (χ4v) is 3.64. The van der Waals surface area contributed by atoms with E-state index in [0.29, 0.717) is 5.56 Å². The van der Waals surface area contributed by atoms with Crippen molar-refractivity contribution >= 4 is 17.6 Å². The van der Waals surface area contributed by atoms with Crippen molar-refractivity contribution in [2.24, 2.45) is 16.1 Å². The molecule has 1 aliphatic rings. The molecular weight excluding hydrogens is 355 g/mol. The Bertz CT molecular complexity index is 925. The molecule has 0 aliphatic carbocycles. The molecule has 3 N–H and O–H groups in total. The summed E-state index contributed by atoms with van der Waals surface area (Å²) in [5.74, 6) is -0.525. The van der Waals surface area contributed by atoms with E-state index in [9.17, 15) is 9.18 Å². The van der Waals surface area contributed by atoms with Crippen LogP contribution in [0.2, 0.25) is 0 Å². The van der Waals surface area contributed by atoms with E-state index in [-0.39, 0.29) is 17.9 Å². The van der Waals surface area contributed by atoms with Gasteiger partial charge in [-0.3, -0.25) is 9.69 Å². The number of nitrogens with one attached hydrogen (secondary N) is 1. The maximum Gasteiger partial charge on any atom is 0.237 e. The fourth-order valence-electron chi connectivity index (χ4n) is 3.64. The van der Waals surface area contributed by atoms with Crippen molar-refractivity contribution in [3.63, 3.8) is 0 Å². The summed E-state index contributed by atoms with van der Waals surface area (Å²) in [5, 5.41) is 3.40. The molecule has 2 atom stereocenters. The first-order valence-corrected chi connectivity index (χ1v) is 9.33. The molecule has 6 heteroatoms. The van der Waals surface area contributed by atoms with E-state index in [4.69, 9.17) is 5.73 Å². The molecule has 148 valence electrons. The minimum Gasteiger partial charge on any atom is -0.379 e. The number of halogens is 1. The molecule has 0 saturated carbocycles. The van der Waals surface area contributed by atoms with Gasteiger partial charge in [-0.2, -0.15) is 0 Å². The van der Waals surface area contributed by atoms with Gasteiger partial charge in [0.05, 0.1) is 5.41 Å². The number of benzene rings is 2. The molecule has 2 aromatic rings. The Morgan fingerprint density at radius 1 is 1.14 bits per heavy atom. The second kappa shape index (κ2) is 6.93. The first-order chi connectivity index (χ1) is 13.1. The Balaban J connectivity index is 2.03. The van der Waals surface area contributed by atoms with Crippen molar-refractivity contribution in [3.05, 3.63) is 65.5 Å². The maximum absolute atomic E-state index is 14.9. The van der Waals surface area contributed by atoms with Crippen molar-refractivity contribution in [2.75, 3.05) is 12.4 Å². The summed E-state index contributed by atoms with van der Waals surface area (Å²) in [6.07, 6.45) is 0. The van der Waals surface area contributed by atoms with Gasteiger partial charge in [-0.05, 0) is 51.5 Å². The van der Waals surface area contributed by atoms with E-state index in [1.807, 2.05) is 37.3 Å². The minimum absolute atomic E-state index is 0.0352. The predicted molar refractivity (Wildman–Crippen MR) is 110 cm³/mol. The van der Waals surface area contributed by atoms with Crippen LogP contribution in [0.25, 0.3) is 0 Å². The van der Waals surface area contributed by atoms with E-state index in [0.717, 1.165) is 11.3 Å². The molecule has 1 aliphatic heterocycles.